The highest BCUT2D eigenvalue weighted by molar-refractivity contribution is 6.28. The molecule has 3 aromatic rings. The van der Waals surface area contributed by atoms with Crippen LogP contribution in [0.15, 0.2) is 42.7 Å². The SMILES string of the molecule is C.CC.CCOC(=O)c1cnc(Cl)nc1Nc1cccc(-c2ccc(OC)nc2)c1OC. The molecule has 0 saturated carbocycles. The van der Waals surface area contributed by atoms with Crippen LogP contribution in [0.3, 0.4) is 0 Å². The lowest BCUT2D eigenvalue weighted by Gasteiger charge is -2.16. The van der Waals surface area contributed by atoms with E-state index in [0.29, 0.717) is 17.3 Å². The third-order valence-corrected chi connectivity index (χ3v) is 4.17. The number of carbonyl (C=O) groups is 1. The summed E-state index contributed by atoms with van der Waals surface area (Å²) in [7, 11) is 3.11. The van der Waals surface area contributed by atoms with Crippen molar-refractivity contribution in [2.75, 3.05) is 26.1 Å². The highest BCUT2D eigenvalue weighted by Crippen LogP contribution is 2.38. The van der Waals surface area contributed by atoms with Gasteiger partial charge in [-0.15, -0.1) is 0 Å². The molecule has 0 atom stereocenters. The Morgan fingerprint density at radius 2 is 1.81 bits per heavy atom. The first kappa shape index (κ1) is 26.6. The number of carbonyl (C=O) groups excluding carboxylic acids is 1. The van der Waals surface area contributed by atoms with Gasteiger partial charge in [0, 0.05) is 29.6 Å². The van der Waals surface area contributed by atoms with Gasteiger partial charge in [0.1, 0.15) is 17.1 Å². The van der Waals surface area contributed by atoms with Gasteiger partial charge in [0.15, 0.2) is 0 Å². The van der Waals surface area contributed by atoms with Crippen LogP contribution in [0.4, 0.5) is 11.5 Å². The molecule has 0 radical (unpaired) electrons. The molecular weight excluding hydrogens is 432 g/mol. The number of benzene rings is 1. The molecule has 2 aromatic heterocycles. The second-order valence-corrected chi connectivity index (χ2v) is 6.06. The maximum Gasteiger partial charge on any atom is 0.343 e. The van der Waals surface area contributed by atoms with Crippen molar-refractivity contribution in [2.24, 2.45) is 0 Å². The summed E-state index contributed by atoms with van der Waals surface area (Å²) < 4.78 is 15.8. The first-order valence-corrected chi connectivity index (χ1v) is 10.1. The zero-order valence-electron chi connectivity index (χ0n) is 18.1. The van der Waals surface area contributed by atoms with Gasteiger partial charge >= 0.3 is 5.97 Å². The molecule has 0 bridgehead atoms. The summed E-state index contributed by atoms with van der Waals surface area (Å²) in [5.74, 6) is 0.716. The van der Waals surface area contributed by atoms with E-state index in [1.165, 1.54) is 6.20 Å². The minimum atomic E-state index is -0.554. The van der Waals surface area contributed by atoms with Gasteiger partial charge < -0.3 is 19.5 Å². The Morgan fingerprint density at radius 3 is 2.41 bits per heavy atom. The molecule has 9 heteroatoms. The molecular formula is C23H29ClN4O4. The molecule has 172 valence electrons. The van der Waals surface area contributed by atoms with Gasteiger partial charge in [0.2, 0.25) is 11.2 Å². The molecule has 3 rings (SSSR count). The van der Waals surface area contributed by atoms with Gasteiger partial charge in [-0.3, -0.25) is 0 Å². The van der Waals surface area contributed by atoms with E-state index in [-0.39, 0.29) is 30.7 Å². The predicted molar refractivity (Wildman–Crippen MR) is 127 cm³/mol. The summed E-state index contributed by atoms with van der Waals surface area (Å²) in [6.45, 7) is 5.95. The van der Waals surface area contributed by atoms with Gasteiger partial charge in [-0.1, -0.05) is 33.4 Å². The van der Waals surface area contributed by atoms with Crippen molar-refractivity contribution in [3.63, 3.8) is 0 Å². The molecule has 0 aliphatic carbocycles. The zero-order valence-corrected chi connectivity index (χ0v) is 18.9. The van der Waals surface area contributed by atoms with Crippen LogP contribution < -0.4 is 14.8 Å². The van der Waals surface area contributed by atoms with E-state index >= 15 is 0 Å². The Morgan fingerprint density at radius 1 is 1.06 bits per heavy atom. The van der Waals surface area contributed by atoms with E-state index in [9.17, 15) is 4.79 Å². The van der Waals surface area contributed by atoms with Crippen molar-refractivity contribution in [1.29, 1.82) is 0 Å². The highest BCUT2D eigenvalue weighted by atomic mass is 35.5. The van der Waals surface area contributed by atoms with Crippen molar-refractivity contribution in [3.05, 3.63) is 53.6 Å². The molecule has 0 aliphatic heterocycles. The number of nitrogens with one attached hydrogen (secondary N) is 1. The summed E-state index contributed by atoms with van der Waals surface area (Å²) in [6, 6.07) is 9.17. The lowest BCUT2D eigenvalue weighted by atomic mass is 10.1. The molecule has 32 heavy (non-hydrogen) atoms. The van der Waals surface area contributed by atoms with E-state index in [2.05, 4.69) is 20.3 Å². The number of hydrogen-bond acceptors (Lipinski definition) is 8. The van der Waals surface area contributed by atoms with Gasteiger partial charge in [0.05, 0.1) is 26.5 Å². The van der Waals surface area contributed by atoms with Crippen molar-refractivity contribution in [2.45, 2.75) is 28.2 Å². The summed E-state index contributed by atoms with van der Waals surface area (Å²) in [5.41, 5.74) is 2.37. The lowest BCUT2D eigenvalue weighted by molar-refractivity contribution is 0.0526. The number of pyridine rings is 1. The Labute approximate surface area is 193 Å². The van der Waals surface area contributed by atoms with Crippen LogP contribution in [0.1, 0.15) is 38.6 Å². The van der Waals surface area contributed by atoms with Crippen LogP contribution in [-0.2, 0) is 4.74 Å². The maximum absolute atomic E-state index is 12.2. The minimum Gasteiger partial charge on any atom is -0.494 e. The van der Waals surface area contributed by atoms with Crippen LogP contribution in [-0.4, -0.2) is 41.7 Å². The van der Waals surface area contributed by atoms with Crippen LogP contribution in [0.2, 0.25) is 5.28 Å². The molecule has 1 N–H and O–H groups in total. The van der Waals surface area contributed by atoms with Gasteiger partial charge in [0.25, 0.3) is 0 Å². The maximum atomic E-state index is 12.2. The molecule has 1 aromatic carbocycles. The second kappa shape index (κ2) is 13.1. The Hall–Kier alpha value is -3.39. The highest BCUT2D eigenvalue weighted by Gasteiger charge is 2.18. The number of para-hydroxylation sites is 1. The number of hydrogen-bond donors (Lipinski definition) is 1. The predicted octanol–water partition coefficient (Wildman–Crippen LogP) is 5.79. The Bertz CT molecular complexity index is 1010. The van der Waals surface area contributed by atoms with Gasteiger partial charge in [-0.25, -0.2) is 14.8 Å². The number of rotatable bonds is 7. The Kier molecular flexibility index (Phi) is 10.9. The van der Waals surface area contributed by atoms with E-state index in [1.807, 2.05) is 32.0 Å². The molecule has 8 nitrogen and oxygen atoms in total. The van der Waals surface area contributed by atoms with Gasteiger partial charge in [-0.05, 0) is 30.7 Å². The normalized spacial score (nSPS) is 9.56. The number of ether oxygens (including phenoxy) is 3. The fourth-order valence-corrected chi connectivity index (χ4v) is 2.82. The molecule has 2 heterocycles. The van der Waals surface area contributed by atoms with Crippen LogP contribution in [0.5, 0.6) is 11.6 Å². The number of halogens is 1. The summed E-state index contributed by atoms with van der Waals surface area (Å²) in [6.07, 6.45) is 3.01. The third-order valence-electron chi connectivity index (χ3n) is 3.98. The zero-order chi connectivity index (χ0) is 22.8. The van der Waals surface area contributed by atoms with Crippen LogP contribution in [0, 0.1) is 0 Å². The largest absolute Gasteiger partial charge is 0.494 e. The molecule has 0 aliphatic rings. The van der Waals surface area contributed by atoms with Crippen LogP contribution >= 0.6 is 11.6 Å². The molecule has 0 unspecified atom stereocenters. The molecule has 0 spiro atoms. The number of aromatic nitrogens is 3. The number of methoxy groups -OCH3 is 2. The monoisotopic (exact) mass is 460 g/mol. The van der Waals surface area contributed by atoms with Gasteiger partial charge in [-0.2, -0.15) is 4.98 Å². The van der Waals surface area contributed by atoms with E-state index < -0.39 is 5.97 Å². The second-order valence-electron chi connectivity index (χ2n) is 5.72. The van der Waals surface area contributed by atoms with Crippen molar-refractivity contribution in [1.82, 2.24) is 15.0 Å². The lowest BCUT2D eigenvalue weighted by Crippen LogP contribution is -2.10. The number of anilines is 2. The van der Waals surface area contributed by atoms with Crippen molar-refractivity contribution in [3.8, 4) is 22.8 Å². The minimum absolute atomic E-state index is 0. The molecule has 0 saturated heterocycles. The first-order valence-electron chi connectivity index (χ1n) is 9.71. The summed E-state index contributed by atoms with van der Waals surface area (Å²) >= 11 is 5.93. The average molecular weight is 461 g/mol. The van der Waals surface area contributed by atoms with Crippen molar-refractivity contribution < 1.29 is 19.0 Å². The summed E-state index contributed by atoms with van der Waals surface area (Å²) in [5, 5.41) is 3.09. The molecule has 0 fully saturated rings. The van der Waals surface area contributed by atoms with E-state index in [4.69, 9.17) is 25.8 Å². The topological polar surface area (TPSA) is 95.5 Å². The first-order chi connectivity index (χ1) is 15.1. The Balaban J connectivity index is 0.00000166. The summed E-state index contributed by atoms with van der Waals surface area (Å²) in [4.78, 5) is 24.5. The quantitative estimate of drug-likeness (QED) is 0.349. The van der Waals surface area contributed by atoms with Crippen molar-refractivity contribution >= 4 is 29.1 Å². The number of nitrogens with zero attached hydrogens (tertiary/aromatic N) is 3. The smallest absolute Gasteiger partial charge is 0.343 e. The fourth-order valence-electron chi connectivity index (χ4n) is 2.68. The fraction of sp³-hybridized carbons (Fsp3) is 0.304. The van der Waals surface area contributed by atoms with Crippen LogP contribution in [0.25, 0.3) is 11.1 Å². The number of esters is 1. The average Bonchev–Trinajstić information content (AvgIpc) is 2.80. The standard InChI is InChI=1S/C20H19ClN4O4.C2H6.CH4/c1-4-29-19(26)14-11-23-20(21)25-18(14)24-15-7-5-6-13(17(15)28-3)12-8-9-16(27-2)22-10-12;1-2;/h5-11H,4H2,1-3H3,(H,23,24,25);1-2H3;1H4. The van der Waals surface area contributed by atoms with E-state index in [0.717, 1.165) is 11.1 Å². The van der Waals surface area contributed by atoms with E-state index in [1.54, 1.807) is 39.5 Å². The molecule has 0 amide bonds. The third kappa shape index (κ3) is 6.31.